The van der Waals surface area contributed by atoms with Gasteiger partial charge in [0.15, 0.2) is 0 Å². The monoisotopic (exact) mass is 285 g/mol. The molecule has 0 unspecified atom stereocenters. The molecule has 0 bridgehead atoms. The van der Waals surface area contributed by atoms with Crippen LogP contribution in [0.3, 0.4) is 0 Å². The molecule has 2 amide bonds. The molecule has 1 aromatic rings. The number of amides is 2. The standard InChI is InChI=1S/C16H15NO4/c1-10(18)21-12-8-6-11(7-9-12)17-15(19)13-4-2-3-5-14(13)16(17)20/h2-3,6-9,13-14H,4-5H2,1H3/t13-,14-/m1/s1. The Bertz CT molecular complexity index is 606. The Morgan fingerprint density at radius 2 is 1.57 bits per heavy atom. The first kappa shape index (κ1) is 13.5. The molecule has 1 heterocycles. The van der Waals surface area contributed by atoms with Gasteiger partial charge in [-0.3, -0.25) is 19.3 Å². The average Bonchev–Trinajstić information content (AvgIpc) is 2.72. The highest BCUT2D eigenvalue weighted by atomic mass is 16.5. The third kappa shape index (κ3) is 2.35. The minimum atomic E-state index is -0.409. The van der Waals surface area contributed by atoms with E-state index in [1.807, 2.05) is 12.2 Å². The molecule has 0 spiro atoms. The topological polar surface area (TPSA) is 63.7 Å². The van der Waals surface area contributed by atoms with Crippen LogP contribution in [0.15, 0.2) is 36.4 Å². The number of esters is 1. The van der Waals surface area contributed by atoms with Crippen molar-refractivity contribution in [3.63, 3.8) is 0 Å². The van der Waals surface area contributed by atoms with Crippen LogP contribution in [-0.2, 0) is 14.4 Å². The molecule has 0 N–H and O–H groups in total. The third-order valence-corrected chi connectivity index (χ3v) is 3.86. The number of hydrogen-bond acceptors (Lipinski definition) is 4. The number of hydrogen-bond donors (Lipinski definition) is 0. The Kier molecular flexibility index (Phi) is 3.33. The van der Waals surface area contributed by atoms with E-state index in [9.17, 15) is 14.4 Å². The molecule has 1 aliphatic heterocycles. The van der Waals surface area contributed by atoms with Gasteiger partial charge in [0.2, 0.25) is 11.8 Å². The van der Waals surface area contributed by atoms with Crippen molar-refractivity contribution in [2.24, 2.45) is 11.8 Å². The van der Waals surface area contributed by atoms with Crippen LogP contribution >= 0.6 is 0 Å². The summed E-state index contributed by atoms with van der Waals surface area (Å²) in [6, 6.07) is 6.41. The number of nitrogens with zero attached hydrogens (tertiary/aromatic N) is 1. The Labute approximate surface area is 122 Å². The van der Waals surface area contributed by atoms with Crippen LogP contribution in [0, 0.1) is 11.8 Å². The second kappa shape index (κ2) is 5.16. The van der Waals surface area contributed by atoms with Crippen molar-refractivity contribution in [3.05, 3.63) is 36.4 Å². The van der Waals surface area contributed by atoms with Gasteiger partial charge in [0, 0.05) is 6.92 Å². The quantitative estimate of drug-likeness (QED) is 0.361. The molecule has 21 heavy (non-hydrogen) atoms. The fourth-order valence-electron chi connectivity index (χ4n) is 2.88. The van der Waals surface area contributed by atoms with E-state index in [4.69, 9.17) is 4.74 Å². The zero-order valence-electron chi connectivity index (χ0n) is 11.6. The number of ether oxygens (including phenoxy) is 1. The van der Waals surface area contributed by atoms with Gasteiger partial charge in [0.05, 0.1) is 17.5 Å². The molecule has 3 rings (SSSR count). The minimum Gasteiger partial charge on any atom is -0.427 e. The summed E-state index contributed by atoms with van der Waals surface area (Å²) in [6.45, 7) is 1.32. The summed E-state index contributed by atoms with van der Waals surface area (Å²) in [5, 5.41) is 0. The number of anilines is 1. The molecule has 2 atom stereocenters. The Balaban J connectivity index is 1.85. The second-order valence-electron chi connectivity index (χ2n) is 5.26. The van der Waals surface area contributed by atoms with E-state index in [2.05, 4.69) is 0 Å². The van der Waals surface area contributed by atoms with Crippen LogP contribution in [0.4, 0.5) is 5.69 Å². The number of carbonyl (C=O) groups is 3. The summed E-state index contributed by atoms with van der Waals surface area (Å²) in [5.74, 6) is -0.784. The predicted molar refractivity (Wildman–Crippen MR) is 75.6 cm³/mol. The molecule has 0 saturated carbocycles. The number of rotatable bonds is 2. The zero-order valence-corrected chi connectivity index (χ0v) is 11.6. The molecule has 108 valence electrons. The number of imide groups is 1. The Morgan fingerprint density at radius 3 is 2.05 bits per heavy atom. The average molecular weight is 285 g/mol. The molecular formula is C16H15NO4. The van der Waals surface area contributed by atoms with Gasteiger partial charge in [0.25, 0.3) is 0 Å². The Hall–Kier alpha value is -2.43. The Morgan fingerprint density at radius 1 is 1.05 bits per heavy atom. The number of allylic oxidation sites excluding steroid dienone is 2. The van der Waals surface area contributed by atoms with Crippen LogP contribution in [0.25, 0.3) is 0 Å². The number of fused-ring (bicyclic) bond motifs is 1. The van der Waals surface area contributed by atoms with Crippen molar-refractivity contribution >= 4 is 23.5 Å². The molecule has 0 aromatic heterocycles. The summed E-state index contributed by atoms with van der Waals surface area (Å²) in [7, 11) is 0. The number of benzene rings is 1. The van der Waals surface area contributed by atoms with E-state index in [1.165, 1.54) is 11.8 Å². The maximum absolute atomic E-state index is 12.4. The van der Waals surface area contributed by atoms with E-state index in [-0.39, 0.29) is 23.7 Å². The van der Waals surface area contributed by atoms with Gasteiger partial charge >= 0.3 is 5.97 Å². The normalized spacial score (nSPS) is 24.1. The SMILES string of the molecule is CC(=O)Oc1ccc(N2C(=O)[C@@H]3CC=CC[C@H]3C2=O)cc1. The maximum Gasteiger partial charge on any atom is 0.308 e. The van der Waals surface area contributed by atoms with Crippen molar-refractivity contribution in [3.8, 4) is 5.75 Å². The molecule has 1 saturated heterocycles. The second-order valence-corrected chi connectivity index (χ2v) is 5.26. The van der Waals surface area contributed by atoms with Crippen molar-refractivity contribution in [2.45, 2.75) is 19.8 Å². The summed E-state index contributed by atoms with van der Waals surface area (Å²) >= 11 is 0. The fraction of sp³-hybridized carbons (Fsp3) is 0.312. The van der Waals surface area contributed by atoms with Gasteiger partial charge in [0.1, 0.15) is 5.75 Å². The largest absolute Gasteiger partial charge is 0.427 e. The molecule has 1 fully saturated rings. The predicted octanol–water partition coefficient (Wildman–Crippen LogP) is 2.07. The number of carbonyl (C=O) groups excluding carboxylic acids is 3. The summed E-state index contributed by atoms with van der Waals surface area (Å²) < 4.78 is 4.94. The van der Waals surface area contributed by atoms with Gasteiger partial charge in [-0.2, -0.15) is 0 Å². The first-order valence-electron chi connectivity index (χ1n) is 6.89. The van der Waals surface area contributed by atoms with Crippen LogP contribution in [0.5, 0.6) is 5.75 Å². The molecule has 5 nitrogen and oxygen atoms in total. The molecule has 1 aromatic carbocycles. The minimum absolute atomic E-state index is 0.144. The van der Waals surface area contributed by atoms with E-state index in [0.29, 0.717) is 24.3 Å². The zero-order chi connectivity index (χ0) is 15.0. The smallest absolute Gasteiger partial charge is 0.308 e. The van der Waals surface area contributed by atoms with Crippen LogP contribution in [0.1, 0.15) is 19.8 Å². The summed E-state index contributed by atoms with van der Waals surface area (Å²) in [5.41, 5.74) is 0.523. The van der Waals surface area contributed by atoms with Crippen molar-refractivity contribution < 1.29 is 19.1 Å². The lowest BCUT2D eigenvalue weighted by Gasteiger charge is -2.15. The van der Waals surface area contributed by atoms with Crippen molar-refractivity contribution in [1.29, 1.82) is 0 Å². The van der Waals surface area contributed by atoms with E-state index in [1.54, 1.807) is 24.3 Å². The third-order valence-electron chi connectivity index (χ3n) is 3.86. The highest BCUT2D eigenvalue weighted by Gasteiger charge is 2.47. The van der Waals surface area contributed by atoms with E-state index >= 15 is 0 Å². The van der Waals surface area contributed by atoms with Gasteiger partial charge in [-0.15, -0.1) is 0 Å². The highest BCUT2D eigenvalue weighted by molar-refractivity contribution is 6.22. The summed E-state index contributed by atoms with van der Waals surface area (Å²) in [4.78, 5) is 36.9. The van der Waals surface area contributed by atoms with Gasteiger partial charge in [-0.25, -0.2) is 0 Å². The molecule has 0 radical (unpaired) electrons. The summed E-state index contributed by atoms with van der Waals surface area (Å²) in [6.07, 6.45) is 5.16. The van der Waals surface area contributed by atoms with Crippen LogP contribution in [-0.4, -0.2) is 17.8 Å². The van der Waals surface area contributed by atoms with Crippen LogP contribution in [0.2, 0.25) is 0 Å². The fourth-order valence-corrected chi connectivity index (χ4v) is 2.88. The van der Waals surface area contributed by atoms with Gasteiger partial charge < -0.3 is 4.74 Å². The molecule has 2 aliphatic rings. The molecule has 5 heteroatoms. The van der Waals surface area contributed by atoms with Gasteiger partial charge in [-0.05, 0) is 37.1 Å². The lowest BCUT2D eigenvalue weighted by atomic mass is 9.85. The van der Waals surface area contributed by atoms with E-state index < -0.39 is 5.97 Å². The molecule has 1 aliphatic carbocycles. The van der Waals surface area contributed by atoms with E-state index in [0.717, 1.165) is 0 Å². The highest BCUT2D eigenvalue weighted by Crippen LogP contribution is 2.37. The molecular weight excluding hydrogens is 270 g/mol. The lowest BCUT2D eigenvalue weighted by molar-refractivity contribution is -0.132. The van der Waals surface area contributed by atoms with Crippen LogP contribution < -0.4 is 9.64 Å². The van der Waals surface area contributed by atoms with Crippen molar-refractivity contribution in [1.82, 2.24) is 0 Å². The first-order chi connectivity index (χ1) is 10.1. The maximum atomic E-state index is 12.4. The van der Waals surface area contributed by atoms with Gasteiger partial charge in [-0.1, -0.05) is 12.2 Å². The first-order valence-corrected chi connectivity index (χ1v) is 6.89. The van der Waals surface area contributed by atoms with Crippen molar-refractivity contribution in [2.75, 3.05) is 4.90 Å². The lowest BCUT2D eigenvalue weighted by Crippen LogP contribution is -2.30.